The maximum absolute atomic E-state index is 12.7. The predicted octanol–water partition coefficient (Wildman–Crippen LogP) is 4.55. The lowest BCUT2D eigenvalue weighted by Crippen LogP contribution is -2.38. The summed E-state index contributed by atoms with van der Waals surface area (Å²) in [4.78, 5) is 24.9. The summed E-state index contributed by atoms with van der Waals surface area (Å²) in [6.45, 7) is 7.68. The summed E-state index contributed by atoms with van der Waals surface area (Å²) in [7, 11) is 0. The molecule has 7 heteroatoms. The number of aryl methyl sites for hydroxylation is 4. The zero-order valence-corrected chi connectivity index (χ0v) is 21.9. The number of likely N-dealkylation sites (tertiary alicyclic amines) is 1. The number of rotatable bonds is 4. The Labute approximate surface area is 217 Å². The molecule has 1 atom stereocenters. The van der Waals surface area contributed by atoms with Gasteiger partial charge in [0.25, 0.3) is 5.56 Å². The second-order valence-corrected chi connectivity index (χ2v) is 10.7. The van der Waals surface area contributed by atoms with E-state index in [2.05, 4.69) is 75.8 Å². The van der Waals surface area contributed by atoms with Crippen molar-refractivity contribution < 1.29 is 0 Å². The highest BCUT2D eigenvalue weighted by Crippen LogP contribution is 2.42. The van der Waals surface area contributed by atoms with Gasteiger partial charge in [0.1, 0.15) is 11.6 Å². The van der Waals surface area contributed by atoms with Gasteiger partial charge in [-0.15, -0.1) is 0 Å². The van der Waals surface area contributed by atoms with Crippen LogP contribution in [-0.4, -0.2) is 43.0 Å². The van der Waals surface area contributed by atoms with Gasteiger partial charge in [-0.2, -0.15) is 0 Å². The van der Waals surface area contributed by atoms with E-state index in [0.717, 1.165) is 62.2 Å². The van der Waals surface area contributed by atoms with Gasteiger partial charge in [0.15, 0.2) is 0 Å². The summed E-state index contributed by atoms with van der Waals surface area (Å²) in [6.07, 6.45) is 4.02. The Morgan fingerprint density at radius 3 is 2.56 bits per heavy atom. The standard InChI is InChI=1S/C29H33N5OS/c1-19-23(29(35)34(36)20(2)30-19)14-17-32-15-11-22(12-16-32)27-24-8-4-3-7-21(24)13-18-33-26-10-6-5-9-25(26)31-28(27)33/h3-10,22,27,36H,11-18H2,1-2H3. The Balaban J connectivity index is 1.24. The molecule has 4 aromatic rings. The number of para-hydroxylation sites is 2. The van der Waals surface area contributed by atoms with Crippen LogP contribution in [0.1, 0.15) is 52.8 Å². The average molecular weight is 500 g/mol. The molecule has 1 saturated heterocycles. The number of benzene rings is 2. The summed E-state index contributed by atoms with van der Waals surface area (Å²) in [5.41, 5.74) is 6.85. The predicted molar refractivity (Wildman–Crippen MR) is 147 cm³/mol. The maximum Gasteiger partial charge on any atom is 0.266 e. The van der Waals surface area contributed by atoms with E-state index in [1.54, 1.807) is 0 Å². The van der Waals surface area contributed by atoms with Gasteiger partial charge < -0.3 is 9.47 Å². The molecule has 0 radical (unpaired) electrons. The number of hydrogen-bond acceptors (Lipinski definition) is 5. The minimum atomic E-state index is -0.0350. The molecule has 0 spiro atoms. The molecular formula is C29H33N5OS. The van der Waals surface area contributed by atoms with E-state index in [9.17, 15) is 4.79 Å². The Kier molecular flexibility index (Phi) is 6.21. The van der Waals surface area contributed by atoms with Crippen LogP contribution in [0.15, 0.2) is 53.3 Å². The van der Waals surface area contributed by atoms with Crippen LogP contribution in [0.5, 0.6) is 0 Å². The monoisotopic (exact) mass is 499 g/mol. The van der Waals surface area contributed by atoms with Crippen LogP contribution >= 0.6 is 12.8 Å². The van der Waals surface area contributed by atoms with E-state index in [0.29, 0.717) is 24.1 Å². The molecule has 1 unspecified atom stereocenters. The number of nitrogens with zero attached hydrogens (tertiary/aromatic N) is 5. The molecule has 4 heterocycles. The van der Waals surface area contributed by atoms with Crippen molar-refractivity contribution in [2.45, 2.75) is 52.0 Å². The molecule has 0 aliphatic carbocycles. The Bertz CT molecular complexity index is 1480. The zero-order chi connectivity index (χ0) is 24.8. The van der Waals surface area contributed by atoms with E-state index in [-0.39, 0.29) is 5.56 Å². The third kappa shape index (κ3) is 4.08. The van der Waals surface area contributed by atoms with E-state index in [1.807, 2.05) is 13.8 Å². The summed E-state index contributed by atoms with van der Waals surface area (Å²) < 4.78 is 3.84. The lowest BCUT2D eigenvalue weighted by atomic mass is 9.78. The summed E-state index contributed by atoms with van der Waals surface area (Å²) in [5.74, 6) is 2.74. The van der Waals surface area contributed by atoms with Crippen LogP contribution in [0.4, 0.5) is 0 Å². The molecule has 6 nitrogen and oxygen atoms in total. The molecule has 0 amide bonds. The number of imidazole rings is 1. The minimum absolute atomic E-state index is 0.0350. The van der Waals surface area contributed by atoms with Crippen molar-refractivity contribution in [3.8, 4) is 0 Å². The molecule has 2 aliphatic heterocycles. The van der Waals surface area contributed by atoms with Crippen molar-refractivity contribution in [2.75, 3.05) is 19.6 Å². The zero-order valence-electron chi connectivity index (χ0n) is 21.0. The molecule has 2 aromatic carbocycles. The summed E-state index contributed by atoms with van der Waals surface area (Å²) in [5, 5.41) is 0. The lowest BCUT2D eigenvalue weighted by Gasteiger charge is -2.36. The highest BCUT2D eigenvalue weighted by Gasteiger charge is 2.35. The fraction of sp³-hybridized carbons (Fsp3) is 0.414. The number of piperidine rings is 1. The molecule has 6 rings (SSSR count). The number of thiol groups is 1. The average Bonchev–Trinajstić information content (AvgIpc) is 3.17. The second-order valence-electron chi connectivity index (χ2n) is 10.3. The maximum atomic E-state index is 12.7. The van der Waals surface area contributed by atoms with Crippen molar-refractivity contribution in [3.63, 3.8) is 0 Å². The number of aromatic nitrogens is 4. The van der Waals surface area contributed by atoms with Gasteiger partial charge in [-0.25, -0.2) is 13.9 Å². The van der Waals surface area contributed by atoms with Crippen molar-refractivity contribution >= 4 is 23.8 Å². The molecule has 36 heavy (non-hydrogen) atoms. The van der Waals surface area contributed by atoms with Gasteiger partial charge >= 0.3 is 0 Å². The van der Waals surface area contributed by atoms with Gasteiger partial charge in [-0.05, 0) is 81.8 Å². The van der Waals surface area contributed by atoms with Gasteiger partial charge in [0, 0.05) is 30.3 Å². The first-order valence-electron chi connectivity index (χ1n) is 13.0. The topological polar surface area (TPSA) is 56.0 Å². The fourth-order valence-corrected chi connectivity index (χ4v) is 6.49. The van der Waals surface area contributed by atoms with Crippen molar-refractivity contribution in [3.05, 3.63) is 92.9 Å². The molecule has 186 valence electrons. The summed E-state index contributed by atoms with van der Waals surface area (Å²) >= 11 is 4.31. The normalized spacial score (nSPS) is 18.7. The molecule has 2 aliphatic rings. The van der Waals surface area contributed by atoms with Crippen molar-refractivity contribution in [2.24, 2.45) is 5.92 Å². The van der Waals surface area contributed by atoms with E-state index in [1.165, 1.54) is 26.4 Å². The highest BCUT2D eigenvalue weighted by atomic mass is 32.1. The molecule has 0 N–H and O–H groups in total. The number of hydrogen-bond donors (Lipinski definition) is 1. The first kappa shape index (κ1) is 23.5. The van der Waals surface area contributed by atoms with E-state index >= 15 is 0 Å². The van der Waals surface area contributed by atoms with Crippen LogP contribution in [0.3, 0.4) is 0 Å². The first-order chi connectivity index (χ1) is 17.5. The quantitative estimate of drug-likeness (QED) is 0.419. The van der Waals surface area contributed by atoms with Crippen LogP contribution in [0.2, 0.25) is 0 Å². The highest BCUT2D eigenvalue weighted by molar-refractivity contribution is 7.78. The molecule has 1 fully saturated rings. The second kappa shape index (κ2) is 9.52. The van der Waals surface area contributed by atoms with Crippen LogP contribution in [0.25, 0.3) is 11.0 Å². The fourth-order valence-electron chi connectivity index (χ4n) is 6.32. The van der Waals surface area contributed by atoms with Crippen molar-refractivity contribution in [1.82, 2.24) is 23.4 Å². The molecular weight excluding hydrogens is 466 g/mol. The molecule has 2 aromatic heterocycles. The van der Waals surface area contributed by atoms with Gasteiger partial charge in [0.05, 0.1) is 11.0 Å². The Hall–Kier alpha value is -2.90. The SMILES string of the molecule is Cc1nc(C)n(S)c(=O)c1CCN1CCC(C2c3ccccc3CCn3c2nc2ccccc23)CC1. The smallest absolute Gasteiger partial charge is 0.266 e. The Morgan fingerprint density at radius 1 is 0.972 bits per heavy atom. The minimum Gasteiger partial charge on any atom is -0.327 e. The van der Waals surface area contributed by atoms with Crippen LogP contribution in [0, 0.1) is 19.8 Å². The lowest BCUT2D eigenvalue weighted by molar-refractivity contribution is 0.174. The molecule has 0 bridgehead atoms. The molecule has 0 saturated carbocycles. The third-order valence-electron chi connectivity index (χ3n) is 8.26. The third-order valence-corrected chi connectivity index (χ3v) is 8.73. The van der Waals surface area contributed by atoms with Crippen LogP contribution < -0.4 is 5.56 Å². The van der Waals surface area contributed by atoms with Gasteiger partial charge in [-0.1, -0.05) is 49.2 Å². The van der Waals surface area contributed by atoms with Crippen LogP contribution in [-0.2, 0) is 19.4 Å². The first-order valence-corrected chi connectivity index (χ1v) is 13.4. The Morgan fingerprint density at radius 2 is 1.72 bits per heavy atom. The van der Waals surface area contributed by atoms with Crippen molar-refractivity contribution in [1.29, 1.82) is 0 Å². The van der Waals surface area contributed by atoms with Gasteiger partial charge in [-0.3, -0.25) is 4.79 Å². The summed E-state index contributed by atoms with van der Waals surface area (Å²) in [6, 6.07) is 17.6. The largest absolute Gasteiger partial charge is 0.327 e. The van der Waals surface area contributed by atoms with Gasteiger partial charge in [0.2, 0.25) is 0 Å². The van der Waals surface area contributed by atoms with E-state index < -0.39 is 0 Å². The number of fused-ring (bicyclic) bond motifs is 4. The van der Waals surface area contributed by atoms with E-state index in [4.69, 9.17) is 4.98 Å².